The van der Waals surface area contributed by atoms with Gasteiger partial charge in [0.05, 0.1) is 27.8 Å². The summed E-state index contributed by atoms with van der Waals surface area (Å²) in [7, 11) is -1.06. The molecule has 3 aromatic rings. The first-order chi connectivity index (χ1) is 13.8. The summed E-state index contributed by atoms with van der Waals surface area (Å²) in [6.07, 6.45) is 0. The third-order valence-electron chi connectivity index (χ3n) is 4.80. The van der Waals surface area contributed by atoms with Gasteiger partial charge in [-0.15, -0.1) is 0 Å². The number of non-ortho nitro benzene ring substituents is 1. The van der Waals surface area contributed by atoms with Gasteiger partial charge in [0.25, 0.3) is 11.6 Å². The molecule has 0 saturated carbocycles. The van der Waals surface area contributed by atoms with E-state index in [1.165, 1.54) is 24.3 Å². The molecule has 2 heterocycles. The molecule has 1 aliphatic heterocycles. The number of benzene rings is 2. The van der Waals surface area contributed by atoms with Gasteiger partial charge in [-0.25, -0.2) is 4.68 Å². The Bertz CT molecular complexity index is 1190. The van der Waals surface area contributed by atoms with E-state index < -0.39 is 21.6 Å². The van der Waals surface area contributed by atoms with Gasteiger partial charge in [0.2, 0.25) is 0 Å². The monoisotopic (exact) mass is 410 g/mol. The number of fused-ring (bicyclic) bond motifs is 1. The molecule has 0 spiro atoms. The highest BCUT2D eigenvalue weighted by atomic mass is 32.2. The Balaban J connectivity index is 1.77. The molecule has 1 amide bonds. The minimum Gasteiger partial charge on any atom is -0.306 e. The standard InChI is InChI=1S/C20H18N4O4S/c1-12-6-7-18(13(2)8-12)23-19(16-10-29(28)11-17(16)22-23)21-20(25)14-4-3-5-15(9-14)24(26)27/h3-9H,10-11H2,1-2H3,(H,21,25). The fourth-order valence-corrected chi connectivity index (χ4v) is 4.68. The molecular formula is C20H18N4O4S. The number of hydrogen-bond acceptors (Lipinski definition) is 5. The number of nitro groups is 1. The van der Waals surface area contributed by atoms with Crippen LogP contribution in [0.25, 0.3) is 5.69 Å². The molecule has 1 aromatic heterocycles. The molecule has 0 saturated heterocycles. The molecule has 0 radical (unpaired) electrons. The second-order valence-electron chi connectivity index (χ2n) is 6.97. The van der Waals surface area contributed by atoms with Crippen molar-refractivity contribution in [1.82, 2.24) is 9.78 Å². The maximum atomic E-state index is 12.8. The van der Waals surface area contributed by atoms with E-state index in [1.54, 1.807) is 4.68 Å². The predicted molar refractivity (Wildman–Crippen MR) is 110 cm³/mol. The number of nitro benzene ring substituents is 1. The lowest BCUT2D eigenvalue weighted by atomic mass is 10.1. The summed E-state index contributed by atoms with van der Waals surface area (Å²) in [4.78, 5) is 23.3. The predicted octanol–water partition coefficient (Wildman–Crippen LogP) is 3.41. The van der Waals surface area contributed by atoms with E-state index in [0.717, 1.165) is 22.4 Å². The summed E-state index contributed by atoms with van der Waals surface area (Å²) < 4.78 is 13.7. The molecule has 0 fully saturated rings. The van der Waals surface area contributed by atoms with E-state index in [1.807, 2.05) is 32.0 Å². The van der Waals surface area contributed by atoms with Crippen molar-refractivity contribution in [2.24, 2.45) is 0 Å². The van der Waals surface area contributed by atoms with E-state index in [2.05, 4.69) is 10.4 Å². The molecule has 9 heteroatoms. The summed E-state index contributed by atoms with van der Waals surface area (Å²) in [6, 6.07) is 11.4. The van der Waals surface area contributed by atoms with Gasteiger partial charge in [-0.3, -0.25) is 19.1 Å². The van der Waals surface area contributed by atoms with Crippen LogP contribution in [0.15, 0.2) is 42.5 Å². The van der Waals surface area contributed by atoms with Gasteiger partial charge in [0.1, 0.15) is 5.82 Å². The molecule has 2 aromatic carbocycles. The Morgan fingerprint density at radius 2 is 2.00 bits per heavy atom. The molecule has 0 bridgehead atoms. The first-order valence-electron chi connectivity index (χ1n) is 8.92. The third-order valence-corrected chi connectivity index (χ3v) is 6.01. The topological polar surface area (TPSA) is 107 Å². The van der Waals surface area contributed by atoms with Crippen LogP contribution in [0.5, 0.6) is 0 Å². The number of anilines is 1. The van der Waals surface area contributed by atoms with Crippen molar-refractivity contribution in [3.05, 3.63) is 80.5 Å². The molecule has 29 heavy (non-hydrogen) atoms. The highest BCUT2D eigenvalue weighted by Crippen LogP contribution is 2.32. The number of rotatable bonds is 4. The first kappa shape index (κ1) is 19.0. The molecule has 0 aliphatic carbocycles. The molecule has 1 atom stereocenters. The number of hydrogen-bond donors (Lipinski definition) is 1. The van der Waals surface area contributed by atoms with Crippen molar-refractivity contribution < 1.29 is 13.9 Å². The minimum absolute atomic E-state index is 0.160. The maximum absolute atomic E-state index is 12.8. The summed E-state index contributed by atoms with van der Waals surface area (Å²) in [5, 5.41) is 18.4. The van der Waals surface area contributed by atoms with Crippen LogP contribution in [0.3, 0.4) is 0 Å². The van der Waals surface area contributed by atoms with Crippen molar-refractivity contribution in [1.29, 1.82) is 0 Å². The van der Waals surface area contributed by atoms with Crippen LogP contribution in [0.4, 0.5) is 11.5 Å². The van der Waals surface area contributed by atoms with Gasteiger partial charge < -0.3 is 5.32 Å². The van der Waals surface area contributed by atoms with Gasteiger partial charge in [0, 0.05) is 34.1 Å². The zero-order valence-corrected chi connectivity index (χ0v) is 16.7. The Morgan fingerprint density at radius 1 is 1.21 bits per heavy atom. The van der Waals surface area contributed by atoms with Crippen LogP contribution in [-0.2, 0) is 22.3 Å². The largest absolute Gasteiger partial charge is 0.306 e. The van der Waals surface area contributed by atoms with E-state index in [9.17, 15) is 19.1 Å². The Morgan fingerprint density at radius 3 is 2.72 bits per heavy atom. The Kier molecular flexibility index (Phi) is 4.75. The minimum atomic E-state index is -1.06. The van der Waals surface area contributed by atoms with Gasteiger partial charge in [-0.1, -0.05) is 23.8 Å². The quantitative estimate of drug-likeness (QED) is 0.524. The van der Waals surface area contributed by atoms with Crippen LogP contribution in [0, 0.1) is 24.0 Å². The first-order valence-corrected chi connectivity index (χ1v) is 10.4. The summed E-state index contributed by atoms with van der Waals surface area (Å²) in [5.74, 6) is 0.618. The lowest BCUT2D eigenvalue weighted by Crippen LogP contribution is -2.17. The second kappa shape index (κ2) is 7.25. The lowest BCUT2D eigenvalue weighted by Gasteiger charge is -2.13. The van der Waals surface area contributed by atoms with Gasteiger partial charge >= 0.3 is 0 Å². The summed E-state index contributed by atoms with van der Waals surface area (Å²) in [5.41, 5.74) is 4.34. The lowest BCUT2D eigenvalue weighted by molar-refractivity contribution is -0.384. The molecule has 1 aliphatic rings. The molecule has 1 unspecified atom stereocenters. The van der Waals surface area contributed by atoms with Gasteiger partial charge in [-0.2, -0.15) is 5.10 Å². The van der Waals surface area contributed by atoms with Crippen LogP contribution < -0.4 is 5.32 Å². The smallest absolute Gasteiger partial charge is 0.270 e. The summed E-state index contributed by atoms with van der Waals surface area (Å²) >= 11 is 0. The van der Waals surface area contributed by atoms with E-state index in [0.29, 0.717) is 23.0 Å². The van der Waals surface area contributed by atoms with Gasteiger partial charge in [0.15, 0.2) is 0 Å². The van der Waals surface area contributed by atoms with Crippen LogP contribution in [0.1, 0.15) is 32.7 Å². The fraction of sp³-hybridized carbons (Fsp3) is 0.200. The van der Waals surface area contributed by atoms with E-state index >= 15 is 0 Å². The van der Waals surface area contributed by atoms with E-state index in [4.69, 9.17) is 0 Å². The molecule has 8 nitrogen and oxygen atoms in total. The van der Waals surface area contributed by atoms with Crippen LogP contribution >= 0.6 is 0 Å². The third kappa shape index (κ3) is 3.56. The number of carbonyl (C=O) groups excluding carboxylic acids is 1. The number of amides is 1. The molecule has 148 valence electrons. The highest BCUT2D eigenvalue weighted by molar-refractivity contribution is 7.83. The zero-order chi connectivity index (χ0) is 20.7. The number of aromatic nitrogens is 2. The number of nitrogens with one attached hydrogen (secondary N) is 1. The Hall–Kier alpha value is -3.33. The Labute approximate surface area is 169 Å². The van der Waals surface area contributed by atoms with Crippen LogP contribution in [-0.4, -0.2) is 24.8 Å². The fourth-order valence-electron chi connectivity index (χ4n) is 3.41. The second-order valence-corrected chi connectivity index (χ2v) is 8.42. The van der Waals surface area contributed by atoms with Crippen molar-refractivity contribution in [3.63, 3.8) is 0 Å². The van der Waals surface area contributed by atoms with Crippen molar-refractivity contribution in [2.45, 2.75) is 25.4 Å². The normalized spacial score (nSPS) is 15.2. The van der Waals surface area contributed by atoms with Crippen molar-refractivity contribution in [3.8, 4) is 5.69 Å². The number of nitrogens with zero attached hydrogens (tertiary/aromatic N) is 3. The van der Waals surface area contributed by atoms with Gasteiger partial charge in [-0.05, 0) is 31.5 Å². The van der Waals surface area contributed by atoms with Crippen molar-refractivity contribution >= 4 is 28.2 Å². The number of carbonyl (C=O) groups is 1. The average molecular weight is 410 g/mol. The number of aryl methyl sites for hydroxylation is 2. The maximum Gasteiger partial charge on any atom is 0.270 e. The molecule has 1 N–H and O–H groups in total. The van der Waals surface area contributed by atoms with Crippen molar-refractivity contribution in [2.75, 3.05) is 5.32 Å². The van der Waals surface area contributed by atoms with E-state index in [-0.39, 0.29) is 11.3 Å². The molecular weight excluding hydrogens is 392 g/mol. The highest BCUT2D eigenvalue weighted by Gasteiger charge is 2.29. The molecule has 4 rings (SSSR count). The zero-order valence-electron chi connectivity index (χ0n) is 15.8. The van der Waals surface area contributed by atoms with Crippen LogP contribution in [0.2, 0.25) is 0 Å². The SMILES string of the molecule is Cc1ccc(-n2nc3c(c2NC(=O)c2cccc([N+](=O)[O-])c2)CS(=O)C3)c(C)c1. The average Bonchev–Trinajstić information content (AvgIpc) is 3.19. The summed E-state index contributed by atoms with van der Waals surface area (Å²) in [6.45, 7) is 3.95.